The predicted molar refractivity (Wildman–Crippen MR) is 84.4 cm³/mol. The van der Waals surface area contributed by atoms with E-state index in [2.05, 4.69) is 10.6 Å². The first-order chi connectivity index (χ1) is 10.9. The number of hydrogen-bond acceptors (Lipinski definition) is 2. The standard InChI is InChI=1S/C17H17F3N2O/c1-2-12-6-8-14(9-7-12)21-11-16(23)22-15-5-3-4-13(10-15)17(18,19)20/h3-10,21H,2,11H2,1H3,(H,22,23). The lowest BCUT2D eigenvalue weighted by atomic mass is 10.1. The lowest BCUT2D eigenvalue weighted by molar-refractivity contribution is -0.137. The summed E-state index contributed by atoms with van der Waals surface area (Å²) in [6, 6.07) is 12.2. The zero-order chi connectivity index (χ0) is 16.9. The first-order valence-electron chi connectivity index (χ1n) is 7.18. The van der Waals surface area contributed by atoms with Crippen molar-refractivity contribution in [1.82, 2.24) is 0 Å². The highest BCUT2D eigenvalue weighted by Gasteiger charge is 2.30. The number of anilines is 2. The number of carbonyl (C=O) groups is 1. The van der Waals surface area contributed by atoms with Crippen LogP contribution >= 0.6 is 0 Å². The maximum Gasteiger partial charge on any atom is 0.416 e. The van der Waals surface area contributed by atoms with Crippen LogP contribution in [0.2, 0.25) is 0 Å². The third-order valence-corrected chi connectivity index (χ3v) is 3.29. The third kappa shape index (κ3) is 5.02. The van der Waals surface area contributed by atoms with Crippen LogP contribution in [0.5, 0.6) is 0 Å². The van der Waals surface area contributed by atoms with E-state index in [1.165, 1.54) is 17.7 Å². The highest BCUT2D eigenvalue weighted by Crippen LogP contribution is 2.30. The monoisotopic (exact) mass is 322 g/mol. The number of aryl methyl sites for hydroxylation is 1. The van der Waals surface area contributed by atoms with Crippen molar-refractivity contribution in [3.05, 3.63) is 59.7 Å². The number of benzene rings is 2. The summed E-state index contributed by atoms with van der Waals surface area (Å²) in [5.41, 5.74) is 1.29. The van der Waals surface area contributed by atoms with Gasteiger partial charge in [-0.15, -0.1) is 0 Å². The van der Waals surface area contributed by atoms with Gasteiger partial charge in [0.25, 0.3) is 0 Å². The topological polar surface area (TPSA) is 41.1 Å². The van der Waals surface area contributed by atoms with Crippen LogP contribution in [0.15, 0.2) is 48.5 Å². The predicted octanol–water partition coefficient (Wildman–Crippen LogP) is 4.32. The molecule has 0 bridgehead atoms. The molecule has 0 aliphatic carbocycles. The first kappa shape index (κ1) is 16.9. The average molecular weight is 322 g/mol. The van der Waals surface area contributed by atoms with Crippen LogP contribution in [-0.2, 0) is 17.4 Å². The average Bonchev–Trinajstić information content (AvgIpc) is 2.53. The van der Waals surface area contributed by atoms with Crippen molar-refractivity contribution in [3.63, 3.8) is 0 Å². The Kier molecular flexibility index (Phi) is 5.26. The van der Waals surface area contributed by atoms with Gasteiger partial charge >= 0.3 is 6.18 Å². The molecule has 2 aromatic rings. The fourth-order valence-electron chi connectivity index (χ4n) is 2.02. The molecular formula is C17H17F3N2O. The Balaban J connectivity index is 1.91. The number of nitrogens with one attached hydrogen (secondary N) is 2. The van der Waals surface area contributed by atoms with Crippen molar-refractivity contribution in [3.8, 4) is 0 Å². The Morgan fingerprint density at radius 3 is 2.35 bits per heavy atom. The van der Waals surface area contributed by atoms with E-state index in [1.54, 1.807) is 0 Å². The van der Waals surface area contributed by atoms with E-state index < -0.39 is 17.6 Å². The largest absolute Gasteiger partial charge is 0.416 e. The molecule has 23 heavy (non-hydrogen) atoms. The summed E-state index contributed by atoms with van der Waals surface area (Å²) in [7, 11) is 0. The van der Waals surface area contributed by atoms with E-state index in [-0.39, 0.29) is 12.2 Å². The van der Waals surface area contributed by atoms with Gasteiger partial charge in [0.1, 0.15) is 0 Å². The van der Waals surface area contributed by atoms with E-state index >= 15 is 0 Å². The number of amides is 1. The maximum atomic E-state index is 12.6. The van der Waals surface area contributed by atoms with Crippen molar-refractivity contribution < 1.29 is 18.0 Å². The molecule has 0 saturated heterocycles. The van der Waals surface area contributed by atoms with E-state index in [0.29, 0.717) is 0 Å². The molecule has 0 aromatic heterocycles. The highest BCUT2D eigenvalue weighted by molar-refractivity contribution is 5.93. The van der Waals surface area contributed by atoms with Crippen molar-refractivity contribution >= 4 is 17.3 Å². The zero-order valence-corrected chi connectivity index (χ0v) is 12.6. The molecule has 3 nitrogen and oxygen atoms in total. The van der Waals surface area contributed by atoms with Gasteiger partial charge in [-0.3, -0.25) is 4.79 Å². The van der Waals surface area contributed by atoms with Crippen LogP contribution < -0.4 is 10.6 Å². The van der Waals surface area contributed by atoms with Crippen LogP contribution in [-0.4, -0.2) is 12.5 Å². The molecule has 0 aliphatic rings. The zero-order valence-electron chi connectivity index (χ0n) is 12.6. The Hall–Kier alpha value is -2.50. The lowest BCUT2D eigenvalue weighted by Gasteiger charge is -2.11. The third-order valence-electron chi connectivity index (χ3n) is 3.29. The van der Waals surface area contributed by atoms with Crippen LogP contribution in [0.3, 0.4) is 0 Å². The molecule has 0 saturated carbocycles. The molecule has 0 fully saturated rings. The number of alkyl halides is 3. The number of hydrogen-bond donors (Lipinski definition) is 2. The molecule has 6 heteroatoms. The van der Waals surface area contributed by atoms with E-state index in [9.17, 15) is 18.0 Å². The molecule has 1 amide bonds. The van der Waals surface area contributed by atoms with Gasteiger partial charge in [-0.2, -0.15) is 13.2 Å². The maximum absolute atomic E-state index is 12.6. The summed E-state index contributed by atoms with van der Waals surface area (Å²) in [6.45, 7) is 2.02. The number of carbonyl (C=O) groups excluding carboxylic acids is 1. The summed E-state index contributed by atoms with van der Waals surface area (Å²) in [5.74, 6) is -0.413. The van der Waals surface area contributed by atoms with E-state index in [1.807, 2.05) is 31.2 Å². The smallest absolute Gasteiger partial charge is 0.376 e. The van der Waals surface area contributed by atoms with Gasteiger partial charge < -0.3 is 10.6 Å². The van der Waals surface area contributed by atoms with Gasteiger partial charge in [0.05, 0.1) is 12.1 Å². The second kappa shape index (κ2) is 7.17. The second-order valence-electron chi connectivity index (χ2n) is 5.03. The fourth-order valence-corrected chi connectivity index (χ4v) is 2.02. The van der Waals surface area contributed by atoms with Crippen molar-refractivity contribution in [2.45, 2.75) is 19.5 Å². The van der Waals surface area contributed by atoms with Crippen molar-refractivity contribution in [2.75, 3.05) is 17.2 Å². The Bertz CT molecular complexity index is 666. The number of halogens is 3. The van der Waals surface area contributed by atoms with Crippen molar-refractivity contribution in [1.29, 1.82) is 0 Å². The molecule has 0 spiro atoms. The summed E-state index contributed by atoms with van der Waals surface area (Å²) < 4.78 is 37.8. The van der Waals surface area contributed by atoms with Gasteiger partial charge in [0.15, 0.2) is 0 Å². The minimum absolute atomic E-state index is 0.0261. The molecular weight excluding hydrogens is 305 g/mol. The molecule has 122 valence electrons. The second-order valence-corrected chi connectivity index (χ2v) is 5.03. The minimum Gasteiger partial charge on any atom is -0.376 e. The molecule has 0 atom stereocenters. The Morgan fingerprint density at radius 2 is 1.74 bits per heavy atom. The van der Waals surface area contributed by atoms with Crippen LogP contribution in [0.25, 0.3) is 0 Å². The van der Waals surface area contributed by atoms with Gasteiger partial charge in [-0.05, 0) is 42.3 Å². The van der Waals surface area contributed by atoms with Gasteiger partial charge in [-0.25, -0.2) is 0 Å². The lowest BCUT2D eigenvalue weighted by Crippen LogP contribution is -2.22. The van der Waals surface area contributed by atoms with Crippen LogP contribution in [0.1, 0.15) is 18.1 Å². The van der Waals surface area contributed by atoms with Gasteiger partial charge in [-0.1, -0.05) is 25.1 Å². The van der Waals surface area contributed by atoms with Crippen LogP contribution in [0.4, 0.5) is 24.5 Å². The summed E-state index contributed by atoms with van der Waals surface area (Å²) >= 11 is 0. The Morgan fingerprint density at radius 1 is 1.04 bits per heavy atom. The highest BCUT2D eigenvalue weighted by atomic mass is 19.4. The van der Waals surface area contributed by atoms with Gasteiger partial charge in [0.2, 0.25) is 5.91 Å². The SMILES string of the molecule is CCc1ccc(NCC(=O)Nc2cccc(C(F)(F)F)c2)cc1. The van der Waals surface area contributed by atoms with Crippen molar-refractivity contribution in [2.24, 2.45) is 0 Å². The molecule has 0 unspecified atom stereocenters. The quantitative estimate of drug-likeness (QED) is 0.861. The molecule has 0 radical (unpaired) electrons. The minimum atomic E-state index is -4.43. The summed E-state index contributed by atoms with van der Waals surface area (Å²) in [4.78, 5) is 11.8. The van der Waals surface area contributed by atoms with Crippen LogP contribution in [0, 0.1) is 0 Å². The summed E-state index contributed by atoms with van der Waals surface area (Å²) in [5, 5.41) is 5.37. The molecule has 2 aromatic carbocycles. The van der Waals surface area contributed by atoms with Gasteiger partial charge in [0, 0.05) is 11.4 Å². The first-order valence-corrected chi connectivity index (χ1v) is 7.18. The normalized spacial score (nSPS) is 11.1. The van der Waals surface area contributed by atoms with E-state index in [0.717, 1.165) is 24.2 Å². The molecule has 0 heterocycles. The molecule has 2 rings (SSSR count). The number of rotatable bonds is 5. The molecule has 2 N–H and O–H groups in total. The Labute approximate surface area is 132 Å². The summed E-state index contributed by atoms with van der Waals surface area (Å²) in [6.07, 6.45) is -3.50. The molecule has 0 aliphatic heterocycles. The van der Waals surface area contributed by atoms with E-state index in [4.69, 9.17) is 0 Å². The fraction of sp³-hybridized carbons (Fsp3) is 0.235.